The smallest absolute Gasteiger partial charge is 0.254 e. The number of hydrogen-bond donors (Lipinski definition) is 0. The maximum absolute atomic E-state index is 13.2. The predicted octanol–water partition coefficient (Wildman–Crippen LogP) is 4.27. The average molecular weight is 386 g/mol. The number of fused-ring (bicyclic) bond motifs is 1. The molecule has 0 saturated carbocycles. The zero-order valence-electron chi connectivity index (χ0n) is 15.9. The third-order valence-electron chi connectivity index (χ3n) is 5.30. The van der Waals surface area contributed by atoms with Gasteiger partial charge in [-0.3, -0.25) is 4.79 Å². The van der Waals surface area contributed by atoms with Gasteiger partial charge in [-0.05, 0) is 55.0 Å². The number of carbonyl (C=O) groups is 1. The van der Waals surface area contributed by atoms with Crippen LogP contribution >= 0.6 is 0 Å². The minimum absolute atomic E-state index is 0.121. The minimum atomic E-state index is -0.351. The van der Waals surface area contributed by atoms with Crippen LogP contribution in [0.25, 0.3) is 11.5 Å². The molecule has 4 aromatic rings. The van der Waals surface area contributed by atoms with Crippen molar-refractivity contribution < 1.29 is 9.18 Å². The Morgan fingerprint density at radius 3 is 2.41 bits per heavy atom. The van der Waals surface area contributed by atoms with E-state index < -0.39 is 0 Å². The number of hydrogen-bond acceptors (Lipinski definition) is 2. The summed E-state index contributed by atoms with van der Waals surface area (Å²) in [5.74, 6) is 0.466. The molecular weight excluding hydrogens is 367 g/mol. The van der Waals surface area contributed by atoms with E-state index >= 15 is 0 Å². The van der Waals surface area contributed by atoms with Crippen LogP contribution in [0.1, 0.15) is 27.2 Å². The monoisotopic (exact) mass is 386 g/mol. The van der Waals surface area contributed by atoms with E-state index in [0.29, 0.717) is 18.7 Å². The van der Waals surface area contributed by atoms with Gasteiger partial charge in [0, 0.05) is 23.5 Å². The molecule has 0 unspecified atom stereocenters. The van der Waals surface area contributed by atoms with E-state index in [0.717, 1.165) is 28.3 Å². The Bertz CT molecular complexity index is 1190. The summed E-state index contributed by atoms with van der Waals surface area (Å²) < 4.78 is 17.2. The molecular formula is C23H19FN4O. The highest BCUT2D eigenvalue weighted by atomic mass is 19.1. The molecule has 0 fully saturated rings. The van der Waals surface area contributed by atoms with Crippen molar-refractivity contribution in [3.8, 4) is 11.5 Å². The van der Waals surface area contributed by atoms with Crippen LogP contribution in [-0.4, -0.2) is 25.2 Å². The second kappa shape index (κ2) is 6.74. The Morgan fingerprint density at radius 1 is 0.966 bits per heavy atom. The molecule has 0 bridgehead atoms. The summed E-state index contributed by atoms with van der Waals surface area (Å²) >= 11 is 0. The maximum atomic E-state index is 13.2. The topological polar surface area (TPSA) is 43.1 Å². The van der Waals surface area contributed by atoms with Crippen LogP contribution in [0.5, 0.6) is 0 Å². The number of rotatable bonds is 3. The van der Waals surface area contributed by atoms with Crippen molar-refractivity contribution in [3.63, 3.8) is 0 Å². The molecule has 0 saturated heterocycles. The number of aromatic nitrogens is 3. The van der Waals surface area contributed by atoms with Gasteiger partial charge in [0.2, 0.25) is 0 Å². The van der Waals surface area contributed by atoms with E-state index in [1.807, 2.05) is 52.0 Å². The van der Waals surface area contributed by atoms with Crippen LogP contribution < -0.4 is 0 Å². The summed E-state index contributed by atoms with van der Waals surface area (Å²) in [5.41, 5.74) is 4.53. The molecule has 1 aliphatic rings. The van der Waals surface area contributed by atoms with Crippen molar-refractivity contribution in [2.45, 2.75) is 20.0 Å². The van der Waals surface area contributed by atoms with E-state index in [-0.39, 0.29) is 11.7 Å². The molecule has 1 aliphatic heterocycles. The molecule has 0 aliphatic carbocycles. The lowest BCUT2D eigenvalue weighted by Crippen LogP contribution is -2.26. The molecule has 2 aromatic carbocycles. The van der Waals surface area contributed by atoms with Gasteiger partial charge in [0.15, 0.2) is 0 Å². The first-order valence-corrected chi connectivity index (χ1v) is 9.47. The fourth-order valence-corrected chi connectivity index (χ4v) is 3.83. The van der Waals surface area contributed by atoms with Gasteiger partial charge in [0.05, 0.1) is 24.5 Å². The van der Waals surface area contributed by atoms with Gasteiger partial charge in [-0.15, -0.1) is 0 Å². The van der Waals surface area contributed by atoms with Crippen LogP contribution in [0.4, 0.5) is 4.39 Å². The minimum Gasteiger partial charge on any atom is -0.328 e. The lowest BCUT2D eigenvalue weighted by atomic mass is 10.2. The zero-order chi connectivity index (χ0) is 20.0. The Kier molecular flexibility index (Phi) is 4.05. The average Bonchev–Trinajstić information content (AvgIpc) is 3.44. The van der Waals surface area contributed by atoms with Crippen LogP contribution in [0.15, 0.2) is 73.1 Å². The van der Waals surface area contributed by atoms with Crippen LogP contribution in [-0.2, 0) is 13.1 Å². The quantitative estimate of drug-likeness (QED) is 0.528. The van der Waals surface area contributed by atoms with Gasteiger partial charge >= 0.3 is 0 Å². The summed E-state index contributed by atoms with van der Waals surface area (Å²) in [6.45, 7) is 2.95. The van der Waals surface area contributed by atoms with Crippen molar-refractivity contribution in [1.82, 2.24) is 19.2 Å². The molecule has 0 N–H and O–H groups in total. The van der Waals surface area contributed by atoms with Crippen molar-refractivity contribution >= 4 is 5.91 Å². The molecule has 0 atom stereocenters. The van der Waals surface area contributed by atoms with Gasteiger partial charge in [0.25, 0.3) is 5.91 Å². The van der Waals surface area contributed by atoms with E-state index in [4.69, 9.17) is 5.10 Å². The molecule has 29 heavy (non-hydrogen) atoms. The van der Waals surface area contributed by atoms with E-state index in [2.05, 4.69) is 13.0 Å². The Balaban J connectivity index is 1.55. The lowest BCUT2D eigenvalue weighted by Gasteiger charge is -2.18. The van der Waals surface area contributed by atoms with Gasteiger partial charge < -0.3 is 9.47 Å². The molecule has 1 amide bonds. The number of carbonyl (C=O) groups excluding carboxylic acids is 1. The molecule has 2 aromatic heterocycles. The summed E-state index contributed by atoms with van der Waals surface area (Å²) in [6.07, 6.45) is 3.97. The summed E-state index contributed by atoms with van der Waals surface area (Å²) in [7, 11) is 0. The maximum Gasteiger partial charge on any atom is 0.254 e. The molecule has 3 heterocycles. The van der Waals surface area contributed by atoms with Gasteiger partial charge in [-0.2, -0.15) is 5.10 Å². The molecule has 5 rings (SSSR count). The molecule has 0 radical (unpaired) electrons. The first kappa shape index (κ1) is 17.4. The fraction of sp³-hybridized carbons (Fsp3) is 0.130. The zero-order valence-corrected chi connectivity index (χ0v) is 15.9. The second-order valence-electron chi connectivity index (χ2n) is 7.21. The normalized spacial score (nSPS) is 13.0. The Hall–Kier alpha value is -3.67. The van der Waals surface area contributed by atoms with Gasteiger partial charge in [0.1, 0.15) is 11.6 Å². The predicted molar refractivity (Wildman–Crippen MR) is 108 cm³/mol. The number of halogens is 1. The standard InChI is InChI=1S/C23H19FN4O/c1-16-6-2-3-7-21(16)28-22(26-12-4-5-13-26)19-14-27(15-20(19)25-28)23(29)17-8-10-18(24)11-9-17/h2-13H,14-15H2,1H3. The summed E-state index contributed by atoms with van der Waals surface area (Å²) in [4.78, 5) is 14.6. The SMILES string of the molecule is Cc1ccccc1-n1nc2c(c1-n1cccc1)CN(C(=O)c1ccc(F)cc1)C2. The third kappa shape index (κ3) is 2.93. The third-order valence-corrected chi connectivity index (χ3v) is 5.30. The highest BCUT2D eigenvalue weighted by Crippen LogP contribution is 2.32. The molecule has 6 heteroatoms. The molecule has 0 spiro atoms. The number of benzene rings is 2. The van der Waals surface area contributed by atoms with Crippen LogP contribution in [0.2, 0.25) is 0 Å². The number of nitrogens with zero attached hydrogens (tertiary/aromatic N) is 4. The molecule has 5 nitrogen and oxygen atoms in total. The summed E-state index contributed by atoms with van der Waals surface area (Å²) in [5, 5.41) is 4.86. The summed E-state index contributed by atoms with van der Waals surface area (Å²) in [6, 6.07) is 17.7. The van der Waals surface area contributed by atoms with Gasteiger partial charge in [-0.1, -0.05) is 18.2 Å². The van der Waals surface area contributed by atoms with Crippen molar-refractivity contribution in [2.75, 3.05) is 0 Å². The van der Waals surface area contributed by atoms with Crippen molar-refractivity contribution in [2.24, 2.45) is 0 Å². The number of para-hydroxylation sites is 1. The van der Waals surface area contributed by atoms with Gasteiger partial charge in [-0.25, -0.2) is 9.07 Å². The van der Waals surface area contributed by atoms with Crippen LogP contribution in [0.3, 0.4) is 0 Å². The Labute approximate surface area is 167 Å². The van der Waals surface area contributed by atoms with E-state index in [9.17, 15) is 9.18 Å². The first-order valence-electron chi connectivity index (χ1n) is 9.47. The largest absolute Gasteiger partial charge is 0.328 e. The van der Waals surface area contributed by atoms with Crippen molar-refractivity contribution in [3.05, 3.63) is 101 Å². The molecule has 144 valence electrons. The lowest BCUT2D eigenvalue weighted by molar-refractivity contribution is 0.0749. The number of amides is 1. The second-order valence-corrected chi connectivity index (χ2v) is 7.21. The van der Waals surface area contributed by atoms with Crippen molar-refractivity contribution in [1.29, 1.82) is 0 Å². The van der Waals surface area contributed by atoms with E-state index in [1.54, 1.807) is 4.90 Å². The van der Waals surface area contributed by atoms with Crippen LogP contribution in [0, 0.1) is 12.7 Å². The van der Waals surface area contributed by atoms with E-state index in [1.165, 1.54) is 24.3 Å². The highest BCUT2D eigenvalue weighted by molar-refractivity contribution is 5.94. The first-order chi connectivity index (χ1) is 14.1. The Morgan fingerprint density at radius 2 is 1.69 bits per heavy atom. The highest BCUT2D eigenvalue weighted by Gasteiger charge is 2.32. The number of aryl methyl sites for hydroxylation is 1. The fourth-order valence-electron chi connectivity index (χ4n) is 3.83.